The Labute approximate surface area is 71.3 Å². The van der Waals surface area contributed by atoms with Crippen LogP contribution >= 0.6 is 0 Å². The zero-order chi connectivity index (χ0) is 8.97. The minimum absolute atomic E-state index is 0.288. The first kappa shape index (κ1) is 8.99. The third-order valence-electron chi connectivity index (χ3n) is 1.30. The second-order valence-corrected chi connectivity index (χ2v) is 2.98. The van der Waals surface area contributed by atoms with E-state index in [1.54, 1.807) is 0 Å². The van der Waals surface area contributed by atoms with Crippen molar-refractivity contribution in [2.45, 2.75) is 20.4 Å². The number of nitrogens with two attached hydrogens (primary N) is 1. The van der Waals surface area contributed by atoms with Crippen LogP contribution in [0.25, 0.3) is 0 Å². The number of nitrogens with one attached hydrogen (secondary N) is 1. The second-order valence-electron chi connectivity index (χ2n) is 2.98. The molecule has 5 nitrogen and oxygen atoms in total. The lowest BCUT2D eigenvalue weighted by molar-refractivity contribution is 0.503. The SMILES string of the molecule is CC(C)CNc1nnc(CN)o1. The van der Waals surface area contributed by atoms with Gasteiger partial charge in [-0.2, -0.15) is 0 Å². The Morgan fingerprint density at radius 1 is 1.50 bits per heavy atom. The van der Waals surface area contributed by atoms with Crippen molar-refractivity contribution in [2.75, 3.05) is 11.9 Å². The summed E-state index contributed by atoms with van der Waals surface area (Å²) < 4.78 is 5.12. The monoisotopic (exact) mass is 170 g/mol. The van der Waals surface area contributed by atoms with Gasteiger partial charge < -0.3 is 15.5 Å². The highest BCUT2D eigenvalue weighted by Crippen LogP contribution is 2.04. The molecule has 0 atom stereocenters. The molecule has 0 radical (unpaired) electrons. The van der Waals surface area contributed by atoms with E-state index in [0.29, 0.717) is 17.8 Å². The largest absolute Gasteiger partial charge is 0.407 e. The Bertz CT molecular complexity index is 233. The Kier molecular flexibility index (Phi) is 3.04. The van der Waals surface area contributed by atoms with E-state index in [9.17, 15) is 0 Å². The molecule has 0 saturated carbocycles. The fraction of sp³-hybridized carbons (Fsp3) is 0.714. The number of anilines is 1. The van der Waals surface area contributed by atoms with Crippen LogP contribution in [0.2, 0.25) is 0 Å². The molecule has 1 aromatic rings. The van der Waals surface area contributed by atoms with Crippen molar-refractivity contribution in [3.05, 3.63) is 5.89 Å². The van der Waals surface area contributed by atoms with Gasteiger partial charge in [-0.3, -0.25) is 0 Å². The zero-order valence-electron chi connectivity index (χ0n) is 7.37. The van der Waals surface area contributed by atoms with Gasteiger partial charge in [0.15, 0.2) is 0 Å². The third-order valence-corrected chi connectivity index (χ3v) is 1.30. The van der Waals surface area contributed by atoms with Crippen LogP contribution in [0.15, 0.2) is 4.42 Å². The van der Waals surface area contributed by atoms with Gasteiger partial charge in [-0.25, -0.2) is 0 Å². The molecule has 0 unspecified atom stereocenters. The topological polar surface area (TPSA) is 77.0 Å². The molecule has 1 rings (SSSR count). The number of aromatic nitrogens is 2. The average Bonchev–Trinajstić information content (AvgIpc) is 2.48. The predicted octanol–water partition coefficient (Wildman–Crippen LogP) is 0.596. The van der Waals surface area contributed by atoms with Crippen LogP contribution in [0, 0.1) is 5.92 Å². The molecule has 0 aliphatic carbocycles. The van der Waals surface area contributed by atoms with Crippen molar-refractivity contribution in [3.8, 4) is 0 Å². The fourth-order valence-electron chi connectivity index (χ4n) is 0.699. The summed E-state index contributed by atoms with van der Waals surface area (Å²) in [6.07, 6.45) is 0. The Hall–Kier alpha value is -1.10. The Morgan fingerprint density at radius 3 is 2.75 bits per heavy atom. The van der Waals surface area contributed by atoms with Crippen LogP contribution in [0.4, 0.5) is 6.01 Å². The van der Waals surface area contributed by atoms with Crippen molar-refractivity contribution in [1.82, 2.24) is 10.2 Å². The zero-order valence-corrected chi connectivity index (χ0v) is 7.37. The molecule has 0 aliphatic rings. The van der Waals surface area contributed by atoms with Gasteiger partial charge in [0.25, 0.3) is 0 Å². The van der Waals surface area contributed by atoms with Gasteiger partial charge in [0.05, 0.1) is 6.54 Å². The lowest BCUT2D eigenvalue weighted by Crippen LogP contribution is -2.07. The molecule has 0 aliphatic heterocycles. The van der Waals surface area contributed by atoms with E-state index in [4.69, 9.17) is 10.2 Å². The van der Waals surface area contributed by atoms with Gasteiger partial charge in [0, 0.05) is 6.54 Å². The first-order valence-corrected chi connectivity index (χ1v) is 3.98. The molecular weight excluding hydrogens is 156 g/mol. The summed E-state index contributed by atoms with van der Waals surface area (Å²) in [7, 11) is 0. The van der Waals surface area contributed by atoms with E-state index in [0.717, 1.165) is 6.54 Å². The normalized spacial score (nSPS) is 10.7. The maximum atomic E-state index is 5.30. The lowest BCUT2D eigenvalue weighted by Gasteiger charge is -2.02. The van der Waals surface area contributed by atoms with E-state index in [1.807, 2.05) is 0 Å². The van der Waals surface area contributed by atoms with Crippen LogP contribution < -0.4 is 11.1 Å². The van der Waals surface area contributed by atoms with E-state index < -0.39 is 0 Å². The van der Waals surface area contributed by atoms with Gasteiger partial charge in [-0.1, -0.05) is 18.9 Å². The maximum absolute atomic E-state index is 5.30. The van der Waals surface area contributed by atoms with Crippen molar-refractivity contribution >= 4 is 6.01 Å². The maximum Gasteiger partial charge on any atom is 0.315 e. The van der Waals surface area contributed by atoms with Crippen LogP contribution in [-0.2, 0) is 6.54 Å². The van der Waals surface area contributed by atoms with Gasteiger partial charge in [-0.15, -0.1) is 5.10 Å². The summed E-state index contributed by atoms with van der Waals surface area (Å²) in [6, 6.07) is 0.448. The molecule has 0 aromatic carbocycles. The molecular formula is C7H14N4O. The predicted molar refractivity (Wildman–Crippen MR) is 45.5 cm³/mol. The molecule has 3 N–H and O–H groups in total. The Balaban J connectivity index is 2.41. The molecule has 0 saturated heterocycles. The van der Waals surface area contributed by atoms with Crippen LogP contribution in [-0.4, -0.2) is 16.7 Å². The van der Waals surface area contributed by atoms with Crippen LogP contribution in [0.5, 0.6) is 0 Å². The standard InChI is InChI=1S/C7H14N4O/c1-5(2)4-9-7-11-10-6(3-8)12-7/h5H,3-4,8H2,1-2H3,(H,9,11). The smallest absolute Gasteiger partial charge is 0.315 e. The highest BCUT2D eigenvalue weighted by Gasteiger charge is 2.03. The first-order chi connectivity index (χ1) is 5.72. The van der Waals surface area contributed by atoms with E-state index in [2.05, 4.69) is 29.4 Å². The first-order valence-electron chi connectivity index (χ1n) is 3.98. The Morgan fingerprint density at radius 2 is 2.25 bits per heavy atom. The summed E-state index contributed by atoms with van der Waals surface area (Å²) in [4.78, 5) is 0. The van der Waals surface area contributed by atoms with Crippen molar-refractivity contribution < 1.29 is 4.42 Å². The summed E-state index contributed by atoms with van der Waals surface area (Å²) in [5, 5.41) is 10.5. The molecule has 0 amide bonds. The number of nitrogens with zero attached hydrogens (tertiary/aromatic N) is 2. The van der Waals surface area contributed by atoms with Crippen molar-refractivity contribution in [3.63, 3.8) is 0 Å². The quantitative estimate of drug-likeness (QED) is 0.691. The fourth-order valence-corrected chi connectivity index (χ4v) is 0.699. The third kappa shape index (κ3) is 2.50. The minimum atomic E-state index is 0.288. The highest BCUT2D eigenvalue weighted by atomic mass is 16.4. The number of hydrogen-bond donors (Lipinski definition) is 2. The summed E-state index contributed by atoms with van der Waals surface area (Å²) in [6.45, 7) is 5.32. The molecule has 1 heterocycles. The van der Waals surface area contributed by atoms with Crippen LogP contribution in [0.1, 0.15) is 19.7 Å². The lowest BCUT2D eigenvalue weighted by atomic mass is 10.2. The van der Waals surface area contributed by atoms with Crippen molar-refractivity contribution in [1.29, 1.82) is 0 Å². The van der Waals surface area contributed by atoms with E-state index >= 15 is 0 Å². The molecule has 12 heavy (non-hydrogen) atoms. The molecule has 5 heteroatoms. The summed E-state index contributed by atoms with van der Waals surface area (Å²) >= 11 is 0. The van der Waals surface area contributed by atoms with Crippen molar-refractivity contribution in [2.24, 2.45) is 11.7 Å². The number of rotatable bonds is 4. The molecule has 0 bridgehead atoms. The second kappa shape index (κ2) is 4.06. The van der Waals surface area contributed by atoms with Gasteiger partial charge >= 0.3 is 6.01 Å². The minimum Gasteiger partial charge on any atom is -0.407 e. The molecule has 0 spiro atoms. The van der Waals surface area contributed by atoms with E-state index in [1.165, 1.54) is 0 Å². The van der Waals surface area contributed by atoms with Gasteiger partial charge in [0.2, 0.25) is 5.89 Å². The highest BCUT2D eigenvalue weighted by molar-refractivity contribution is 5.16. The van der Waals surface area contributed by atoms with Gasteiger partial charge in [0.1, 0.15) is 0 Å². The van der Waals surface area contributed by atoms with Gasteiger partial charge in [-0.05, 0) is 5.92 Å². The summed E-state index contributed by atoms with van der Waals surface area (Å²) in [5.41, 5.74) is 5.30. The van der Waals surface area contributed by atoms with Crippen LogP contribution in [0.3, 0.4) is 0 Å². The molecule has 1 aromatic heterocycles. The average molecular weight is 170 g/mol. The molecule has 68 valence electrons. The summed E-state index contributed by atoms with van der Waals surface area (Å²) in [5.74, 6) is 1.01. The van der Waals surface area contributed by atoms with E-state index in [-0.39, 0.29) is 6.54 Å². The number of hydrogen-bond acceptors (Lipinski definition) is 5. The molecule has 0 fully saturated rings.